The molecule has 1 N–H and O–H groups in total. The van der Waals surface area contributed by atoms with Gasteiger partial charge in [-0.2, -0.15) is 0 Å². The fourth-order valence-electron chi connectivity index (χ4n) is 2.17. The van der Waals surface area contributed by atoms with Crippen molar-refractivity contribution in [1.82, 2.24) is 5.32 Å². The van der Waals surface area contributed by atoms with Crippen molar-refractivity contribution >= 4 is 11.6 Å². The molecule has 2 rings (SSSR count). The van der Waals surface area contributed by atoms with E-state index in [1.165, 1.54) is 5.56 Å². The lowest BCUT2D eigenvalue weighted by atomic mass is 9.98. The summed E-state index contributed by atoms with van der Waals surface area (Å²) < 4.78 is 5.45. The Morgan fingerprint density at radius 1 is 1.11 bits per heavy atom. The van der Waals surface area contributed by atoms with Crippen molar-refractivity contribution in [2.24, 2.45) is 0 Å². The molecule has 0 fully saturated rings. The molecule has 2 aromatic rings. The monoisotopic (exact) mass is 275 g/mol. The summed E-state index contributed by atoms with van der Waals surface area (Å²) in [6, 6.07) is 16.1. The molecule has 2 aromatic carbocycles. The van der Waals surface area contributed by atoms with Gasteiger partial charge in [0.15, 0.2) is 0 Å². The van der Waals surface area contributed by atoms with Gasteiger partial charge in [0.05, 0.1) is 13.2 Å². The van der Waals surface area contributed by atoms with Crippen LogP contribution in [0.2, 0.25) is 5.02 Å². The zero-order chi connectivity index (χ0) is 13.7. The third-order valence-electron chi connectivity index (χ3n) is 3.06. The third kappa shape index (κ3) is 3.28. The Kier molecular flexibility index (Phi) is 4.83. The van der Waals surface area contributed by atoms with Crippen LogP contribution >= 0.6 is 11.6 Å². The highest BCUT2D eigenvalue weighted by molar-refractivity contribution is 6.30. The summed E-state index contributed by atoms with van der Waals surface area (Å²) in [4.78, 5) is 0. The molecule has 0 spiro atoms. The van der Waals surface area contributed by atoms with Gasteiger partial charge in [-0.05, 0) is 30.3 Å². The van der Waals surface area contributed by atoms with Crippen LogP contribution < -0.4 is 10.1 Å². The van der Waals surface area contributed by atoms with Crippen molar-refractivity contribution in [3.05, 3.63) is 64.7 Å². The largest absolute Gasteiger partial charge is 0.496 e. The van der Waals surface area contributed by atoms with Gasteiger partial charge in [-0.3, -0.25) is 0 Å². The van der Waals surface area contributed by atoms with Crippen molar-refractivity contribution < 1.29 is 4.74 Å². The van der Waals surface area contributed by atoms with Gasteiger partial charge in [0.1, 0.15) is 5.75 Å². The first-order chi connectivity index (χ1) is 9.26. The van der Waals surface area contributed by atoms with E-state index in [4.69, 9.17) is 16.3 Å². The van der Waals surface area contributed by atoms with Crippen LogP contribution in [0.25, 0.3) is 0 Å². The molecule has 0 heterocycles. The SMILES string of the molecule is CCNC(c1ccc(Cl)cc1)c1ccccc1OC. The lowest BCUT2D eigenvalue weighted by Gasteiger charge is -2.21. The minimum atomic E-state index is 0.110. The van der Waals surface area contributed by atoms with Gasteiger partial charge in [-0.15, -0.1) is 0 Å². The lowest BCUT2D eigenvalue weighted by molar-refractivity contribution is 0.404. The molecular weight excluding hydrogens is 258 g/mol. The number of hydrogen-bond donors (Lipinski definition) is 1. The molecule has 0 radical (unpaired) electrons. The zero-order valence-electron chi connectivity index (χ0n) is 11.2. The van der Waals surface area contributed by atoms with E-state index in [9.17, 15) is 0 Å². The van der Waals surface area contributed by atoms with Crippen molar-refractivity contribution in [2.45, 2.75) is 13.0 Å². The van der Waals surface area contributed by atoms with Gasteiger partial charge < -0.3 is 10.1 Å². The fraction of sp³-hybridized carbons (Fsp3) is 0.250. The van der Waals surface area contributed by atoms with E-state index in [-0.39, 0.29) is 6.04 Å². The molecule has 100 valence electrons. The lowest BCUT2D eigenvalue weighted by Crippen LogP contribution is -2.22. The second kappa shape index (κ2) is 6.60. The predicted octanol–water partition coefficient (Wildman–Crippen LogP) is 4.05. The third-order valence-corrected chi connectivity index (χ3v) is 3.31. The van der Waals surface area contributed by atoms with E-state index in [0.29, 0.717) is 0 Å². The van der Waals surface area contributed by atoms with Gasteiger partial charge in [-0.25, -0.2) is 0 Å². The molecule has 3 heteroatoms. The molecule has 19 heavy (non-hydrogen) atoms. The quantitative estimate of drug-likeness (QED) is 0.889. The highest BCUT2D eigenvalue weighted by Crippen LogP contribution is 2.30. The van der Waals surface area contributed by atoms with Crippen molar-refractivity contribution in [1.29, 1.82) is 0 Å². The molecule has 0 aromatic heterocycles. The van der Waals surface area contributed by atoms with Crippen LogP contribution in [0, 0.1) is 0 Å². The van der Waals surface area contributed by atoms with Gasteiger partial charge in [0, 0.05) is 10.6 Å². The summed E-state index contributed by atoms with van der Waals surface area (Å²) in [5, 5.41) is 4.24. The second-order valence-electron chi connectivity index (χ2n) is 4.28. The van der Waals surface area contributed by atoms with Gasteiger partial charge in [0.2, 0.25) is 0 Å². The van der Waals surface area contributed by atoms with Crippen molar-refractivity contribution in [3.8, 4) is 5.75 Å². The summed E-state index contributed by atoms with van der Waals surface area (Å²) in [5.41, 5.74) is 2.31. The average molecular weight is 276 g/mol. The summed E-state index contributed by atoms with van der Waals surface area (Å²) in [6.07, 6.45) is 0. The van der Waals surface area contributed by atoms with Crippen LogP contribution in [0.5, 0.6) is 5.75 Å². The molecule has 0 amide bonds. The molecule has 0 aliphatic carbocycles. The normalized spacial score (nSPS) is 12.2. The maximum Gasteiger partial charge on any atom is 0.123 e. The number of nitrogens with one attached hydrogen (secondary N) is 1. The van der Waals surface area contributed by atoms with Gasteiger partial charge in [-0.1, -0.05) is 48.9 Å². The first-order valence-corrected chi connectivity index (χ1v) is 6.75. The molecule has 0 saturated carbocycles. The predicted molar refractivity (Wildman–Crippen MR) is 80.0 cm³/mol. The van der Waals surface area contributed by atoms with E-state index in [1.54, 1.807) is 7.11 Å². The van der Waals surface area contributed by atoms with Crippen molar-refractivity contribution in [2.75, 3.05) is 13.7 Å². The summed E-state index contributed by atoms with van der Waals surface area (Å²) >= 11 is 5.95. The number of para-hydroxylation sites is 1. The Morgan fingerprint density at radius 3 is 2.42 bits per heavy atom. The highest BCUT2D eigenvalue weighted by atomic mass is 35.5. The number of methoxy groups -OCH3 is 1. The number of benzene rings is 2. The highest BCUT2D eigenvalue weighted by Gasteiger charge is 2.16. The van der Waals surface area contributed by atoms with Crippen LogP contribution in [-0.4, -0.2) is 13.7 Å². The Labute approximate surface area is 119 Å². The van der Waals surface area contributed by atoms with Crippen LogP contribution in [0.4, 0.5) is 0 Å². The first kappa shape index (κ1) is 13.9. The average Bonchev–Trinajstić information content (AvgIpc) is 2.46. The maximum atomic E-state index is 5.95. The van der Waals surface area contributed by atoms with Crippen LogP contribution in [-0.2, 0) is 0 Å². The molecule has 0 aliphatic heterocycles. The Balaban J connectivity index is 2.42. The standard InChI is InChI=1S/C16H18ClNO/c1-3-18-16(12-8-10-13(17)11-9-12)14-6-4-5-7-15(14)19-2/h4-11,16,18H,3H2,1-2H3. The Bertz CT molecular complexity index is 525. The van der Waals surface area contributed by atoms with E-state index in [0.717, 1.165) is 22.9 Å². The zero-order valence-corrected chi connectivity index (χ0v) is 11.9. The Morgan fingerprint density at radius 2 is 1.79 bits per heavy atom. The molecule has 2 nitrogen and oxygen atoms in total. The topological polar surface area (TPSA) is 21.3 Å². The maximum absolute atomic E-state index is 5.95. The smallest absolute Gasteiger partial charge is 0.123 e. The van der Waals surface area contributed by atoms with Gasteiger partial charge >= 0.3 is 0 Å². The minimum absolute atomic E-state index is 0.110. The number of rotatable bonds is 5. The first-order valence-electron chi connectivity index (χ1n) is 6.38. The van der Waals surface area contributed by atoms with Crippen LogP contribution in [0.3, 0.4) is 0 Å². The van der Waals surface area contributed by atoms with E-state index < -0.39 is 0 Å². The number of halogens is 1. The van der Waals surface area contributed by atoms with E-state index >= 15 is 0 Å². The molecule has 0 aliphatic rings. The van der Waals surface area contributed by atoms with E-state index in [1.807, 2.05) is 42.5 Å². The van der Waals surface area contributed by atoms with Crippen LogP contribution in [0.1, 0.15) is 24.1 Å². The van der Waals surface area contributed by atoms with Crippen molar-refractivity contribution in [3.63, 3.8) is 0 Å². The van der Waals surface area contributed by atoms with Crippen LogP contribution in [0.15, 0.2) is 48.5 Å². The molecule has 1 atom stereocenters. The Hall–Kier alpha value is -1.51. The number of ether oxygens (including phenoxy) is 1. The molecule has 0 saturated heterocycles. The number of hydrogen-bond acceptors (Lipinski definition) is 2. The fourth-order valence-corrected chi connectivity index (χ4v) is 2.30. The second-order valence-corrected chi connectivity index (χ2v) is 4.72. The molecule has 1 unspecified atom stereocenters. The molecular formula is C16H18ClNO. The van der Waals surface area contributed by atoms with Gasteiger partial charge in [0.25, 0.3) is 0 Å². The van der Waals surface area contributed by atoms with E-state index in [2.05, 4.69) is 18.3 Å². The summed E-state index contributed by atoms with van der Waals surface area (Å²) in [7, 11) is 1.70. The summed E-state index contributed by atoms with van der Waals surface area (Å²) in [5.74, 6) is 0.892. The minimum Gasteiger partial charge on any atom is -0.496 e. The summed E-state index contributed by atoms with van der Waals surface area (Å²) in [6.45, 7) is 2.98. The molecule has 0 bridgehead atoms.